The minimum atomic E-state index is -1.52. The van der Waals surface area contributed by atoms with Crippen molar-refractivity contribution in [2.24, 2.45) is 5.73 Å². The molecule has 0 radical (unpaired) electrons. The van der Waals surface area contributed by atoms with Crippen LogP contribution in [0.1, 0.15) is 19.3 Å². The third kappa shape index (κ3) is 5.72. The summed E-state index contributed by atoms with van der Waals surface area (Å²) < 4.78 is 10.0. The first kappa shape index (κ1) is 23.4. The maximum atomic E-state index is 11.6. The number of carbonyl (C=O) groups excluding carboxylic acids is 2. The fourth-order valence-electron chi connectivity index (χ4n) is 3.04. The second kappa shape index (κ2) is 10.4. The number of nitrogens with two attached hydrogens (primary N) is 1. The van der Waals surface area contributed by atoms with E-state index in [9.17, 15) is 14.7 Å². The van der Waals surface area contributed by atoms with Gasteiger partial charge in [0.05, 0.1) is 21.8 Å². The standard InChI is InChI=1S/C20H19Cl2N5O5/c21-14-7-11(25-26-16(9-23)19(29)32-20(24)30)8-15(22)18(14)31-13-5-6-17(28)27(10-13)12-3-1-2-4-12/h3,5-8,10,16-17,25-26,28H,1-2,4H2,(H2,24,30). The van der Waals surface area contributed by atoms with E-state index in [1.165, 1.54) is 12.1 Å². The Morgan fingerprint density at radius 2 is 2.06 bits per heavy atom. The number of aliphatic hydroxyl groups excluding tert-OH is 1. The molecule has 0 spiro atoms. The molecule has 1 aromatic rings. The number of nitrogens with zero attached hydrogens (tertiary/aromatic N) is 2. The Hall–Kier alpha value is -3.23. The Morgan fingerprint density at radius 1 is 1.34 bits per heavy atom. The summed E-state index contributed by atoms with van der Waals surface area (Å²) in [4.78, 5) is 24.0. The van der Waals surface area contributed by atoms with Crippen molar-refractivity contribution in [2.75, 3.05) is 5.43 Å². The smallest absolute Gasteiger partial charge is 0.412 e. The molecular weight excluding hydrogens is 461 g/mol. The van der Waals surface area contributed by atoms with Gasteiger partial charge in [0.15, 0.2) is 5.75 Å². The average molecular weight is 480 g/mol. The molecule has 168 valence electrons. The molecule has 0 saturated heterocycles. The fraction of sp³-hybridized carbons (Fsp3) is 0.250. The number of rotatable bonds is 7. The maximum absolute atomic E-state index is 11.6. The average Bonchev–Trinajstić information content (AvgIpc) is 3.26. The summed E-state index contributed by atoms with van der Waals surface area (Å²) in [6.45, 7) is 0. The number of nitrogens with one attached hydrogen (secondary N) is 2. The molecule has 3 rings (SSSR count). The van der Waals surface area contributed by atoms with Gasteiger partial charge in [-0.3, -0.25) is 0 Å². The first-order valence-electron chi connectivity index (χ1n) is 9.43. The van der Waals surface area contributed by atoms with Crippen LogP contribution in [0.5, 0.6) is 5.75 Å². The van der Waals surface area contributed by atoms with Gasteiger partial charge in [-0.15, -0.1) is 0 Å². The number of aliphatic hydroxyl groups is 1. The van der Waals surface area contributed by atoms with Gasteiger partial charge >= 0.3 is 12.1 Å². The summed E-state index contributed by atoms with van der Waals surface area (Å²) in [6.07, 6.45) is 7.67. The summed E-state index contributed by atoms with van der Waals surface area (Å²) in [5.41, 5.74) is 11.0. The van der Waals surface area contributed by atoms with Crippen molar-refractivity contribution in [3.8, 4) is 11.8 Å². The number of hydrazine groups is 1. The third-order valence-corrected chi connectivity index (χ3v) is 5.04. The summed E-state index contributed by atoms with van der Waals surface area (Å²) in [5.74, 6) is -0.578. The van der Waals surface area contributed by atoms with Gasteiger partial charge in [-0.05, 0) is 43.5 Å². The zero-order valence-electron chi connectivity index (χ0n) is 16.5. The van der Waals surface area contributed by atoms with Crippen molar-refractivity contribution < 1.29 is 24.2 Å². The number of halogens is 2. The Morgan fingerprint density at radius 3 is 2.66 bits per heavy atom. The molecular formula is C20H19Cl2N5O5. The number of ether oxygens (including phenoxy) is 2. The van der Waals surface area contributed by atoms with E-state index in [1.54, 1.807) is 29.3 Å². The number of primary amides is 1. The second-order valence-electron chi connectivity index (χ2n) is 6.74. The van der Waals surface area contributed by atoms with E-state index in [2.05, 4.69) is 21.7 Å². The lowest BCUT2D eigenvalue weighted by molar-refractivity contribution is -0.137. The summed E-state index contributed by atoms with van der Waals surface area (Å²) in [5, 5.41) is 19.5. The Balaban J connectivity index is 1.70. The zero-order chi connectivity index (χ0) is 23.3. The Bertz CT molecular complexity index is 1030. The number of hydrogen-bond donors (Lipinski definition) is 4. The molecule has 2 atom stereocenters. The molecule has 0 bridgehead atoms. The van der Waals surface area contributed by atoms with Crippen LogP contribution in [0.15, 0.2) is 48.0 Å². The van der Waals surface area contributed by atoms with Crippen LogP contribution in [-0.2, 0) is 9.53 Å². The van der Waals surface area contributed by atoms with Gasteiger partial charge in [0.25, 0.3) is 0 Å². The molecule has 1 amide bonds. The monoisotopic (exact) mass is 479 g/mol. The van der Waals surface area contributed by atoms with Gasteiger partial charge in [0.1, 0.15) is 12.0 Å². The van der Waals surface area contributed by atoms with Gasteiger partial charge in [-0.2, -0.15) is 5.26 Å². The lowest BCUT2D eigenvalue weighted by atomic mass is 10.2. The minimum Gasteiger partial charge on any atom is -0.453 e. The molecule has 10 nitrogen and oxygen atoms in total. The van der Waals surface area contributed by atoms with E-state index in [0.29, 0.717) is 11.4 Å². The number of benzene rings is 1. The van der Waals surface area contributed by atoms with Crippen molar-refractivity contribution in [3.63, 3.8) is 0 Å². The highest BCUT2D eigenvalue weighted by atomic mass is 35.5. The van der Waals surface area contributed by atoms with Crippen LogP contribution in [0.25, 0.3) is 0 Å². The molecule has 12 heteroatoms. The van der Waals surface area contributed by atoms with Crippen molar-refractivity contribution >= 4 is 41.0 Å². The Labute approximate surface area is 193 Å². The molecule has 1 aliphatic heterocycles. The van der Waals surface area contributed by atoms with Crippen molar-refractivity contribution in [2.45, 2.75) is 31.5 Å². The Kier molecular flexibility index (Phi) is 7.61. The van der Waals surface area contributed by atoms with Gasteiger partial charge < -0.3 is 30.6 Å². The molecule has 0 fully saturated rings. The van der Waals surface area contributed by atoms with E-state index in [1.807, 2.05) is 0 Å². The van der Waals surface area contributed by atoms with Crippen molar-refractivity contribution in [1.29, 1.82) is 5.26 Å². The second-order valence-corrected chi connectivity index (χ2v) is 7.56. The molecule has 5 N–H and O–H groups in total. The normalized spacial score (nSPS) is 18.3. The summed E-state index contributed by atoms with van der Waals surface area (Å²) >= 11 is 12.6. The lowest BCUT2D eigenvalue weighted by Gasteiger charge is -2.29. The van der Waals surface area contributed by atoms with Crippen LogP contribution in [0.3, 0.4) is 0 Å². The molecule has 1 heterocycles. The fourth-order valence-corrected chi connectivity index (χ4v) is 3.60. The SMILES string of the molecule is N#CC(NNc1cc(Cl)c(OC2=CN(C3=CCCC3)C(O)C=C2)c(Cl)c1)C(=O)OC(N)=O. The molecule has 2 aliphatic rings. The molecule has 0 aromatic heterocycles. The van der Waals surface area contributed by atoms with Crippen molar-refractivity contribution in [3.05, 3.63) is 58.1 Å². The van der Waals surface area contributed by atoms with E-state index in [4.69, 9.17) is 38.9 Å². The van der Waals surface area contributed by atoms with Gasteiger partial charge in [0, 0.05) is 11.9 Å². The van der Waals surface area contributed by atoms with E-state index < -0.39 is 24.3 Å². The predicted octanol–water partition coefficient (Wildman–Crippen LogP) is 2.90. The molecule has 2 unspecified atom stereocenters. The third-order valence-electron chi connectivity index (χ3n) is 4.48. The largest absolute Gasteiger partial charge is 0.453 e. The van der Waals surface area contributed by atoms with Gasteiger partial charge in [0.2, 0.25) is 6.04 Å². The molecule has 1 aliphatic carbocycles. The lowest BCUT2D eigenvalue weighted by Crippen LogP contribution is -2.41. The number of nitriles is 1. The summed E-state index contributed by atoms with van der Waals surface area (Å²) in [6, 6.07) is 2.99. The quantitative estimate of drug-likeness (QED) is 0.262. The van der Waals surface area contributed by atoms with E-state index in [0.717, 1.165) is 25.0 Å². The number of amides is 1. The number of hydrogen-bond acceptors (Lipinski definition) is 9. The van der Waals surface area contributed by atoms with Crippen LogP contribution in [0, 0.1) is 11.3 Å². The van der Waals surface area contributed by atoms with Crippen LogP contribution in [0.4, 0.5) is 10.5 Å². The van der Waals surface area contributed by atoms with Crippen LogP contribution >= 0.6 is 23.2 Å². The highest BCUT2D eigenvalue weighted by Crippen LogP contribution is 2.38. The molecule has 32 heavy (non-hydrogen) atoms. The molecule has 0 saturated carbocycles. The van der Waals surface area contributed by atoms with E-state index in [-0.39, 0.29) is 15.8 Å². The highest BCUT2D eigenvalue weighted by molar-refractivity contribution is 6.37. The van der Waals surface area contributed by atoms with E-state index >= 15 is 0 Å². The number of anilines is 1. The minimum absolute atomic E-state index is 0.141. The van der Waals surface area contributed by atoms with Gasteiger partial charge in [-0.1, -0.05) is 29.3 Å². The summed E-state index contributed by atoms with van der Waals surface area (Å²) in [7, 11) is 0. The highest BCUT2D eigenvalue weighted by Gasteiger charge is 2.23. The van der Waals surface area contributed by atoms with Crippen molar-refractivity contribution in [1.82, 2.24) is 10.3 Å². The first-order chi connectivity index (χ1) is 15.3. The zero-order valence-corrected chi connectivity index (χ0v) is 18.1. The number of esters is 1. The topological polar surface area (TPSA) is 150 Å². The van der Waals surface area contributed by atoms with Gasteiger partial charge in [-0.25, -0.2) is 15.0 Å². The van der Waals surface area contributed by atoms with Crippen LogP contribution in [-0.4, -0.2) is 34.3 Å². The first-order valence-corrected chi connectivity index (χ1v) is 10.2. The maximum Gasteiger partial charge on any atom is 0.412 e. The number of allylic oxidation sites excluding steroid dienone is 3. The van der Waals surface area contributed by atoms with Crippen LogP contribution in [0.2, 0.25) is 10.0 Å². The predicted molar refractivity (Wildman–Crippen MR) is 116 cm³/mol. The number of carbonyl (C=O) groups is 2. The van der Waals surface area contributed by atoms with Crippen LogP contribution < -0.4 is 21.3 Å². The molecule has 1 aromatic carbocycles.